The largest absolute Gasteiger partial charge is 0.397 e. The molecule has 112 valence electrons. The van der Waals surface area contributed by atoms with E-state index >= 15 is 0 Å². The molecule has 0 aromatic carbocycles. The predicted octanol–water partition coefficient (Wildman–Crippen LogP) is 1.70. The van der Waals surface area contributed by atoms with Gasteiger partial charge >= 0.3 is 0 Å². The first-order valence-corrected chi connectivity index (χ1v) is 7.63. The summed E-state index contributed by atoms with van der Waals surface area (Å²) in [7, 11) is 0. The van der Waals surface area contributed by atoms with Crippen LogP contribution in [0.5, 0.6) is 0 Å². The summed E-state index contributed by atoms with van der Waals surface area (Å²) in [5.74, 6) is 0. The van der Waals surface area contributed by atoms with E-state index in [4.69, 9.17) is 10.5 Å². The van der Waals surface area contributed by atoms with Gasteiger partial charge in [-0.1, -0.05) is 0 Å². The first-order chi connectivity index (χ1) is 10.1. The summed E-state index contributed by atoms with van der Waals surface area (Å²) in [6.07, 6.45) is 4.69. The maximum Gasteiger partial charge on any atom is 0.102 e. The van der Waals surface area contributed by atoms with Crippen LogP contribution in [0.2, 0.25) is 0 Å². The van der Waals surface area contributed by atoms with E-state index in [-0.39, 0.29) is 0 Å². The zero-order valence-corrected chi connectivity index (χ0v) is 12.5. The third kappa shape index (κ3) is 2.61. The topological polar surface area (TPSA) is 75.2 Å². The third-order valence-electron chi connectivity index (χ3n) is 4.95. The zero-order chi connectivity index (χ0) is 14.9. The molecule has 0 radical (unpaired) electrons. The van der Waals surface area contributed by atoms with Crippen LogP contribution < -0.4 is 5.73 Å². The molecular weight excluding hydrogens is 264 g/mol. The van der Waals surface area contributed by atoms with E-state index in [1.165, 1.54) is 0 Å². The van der Waals surface area contributed by atoms with Crippen LogP contribution in [0, 0.1) is 11.3 Å². The Hall–Kier alpha value is -1.64. The fourth-order valence-corrected chi connectivity index (χ4v) is 3.55. The standard InChI is InChI=1S/C16H22N4O/c1-12-14(4-9-21-12)20-7-5-16(11-17,6-8-20)15-3-2-13(18)10-19-15/h2-3,10,12,14H,4-9,18H2,1H3. The number of pyridine rings is 1. The number of nitrogen functional groups attached to an aromatic ring is 1. The summed E-state index contributed by atoms with van der Waals surface area (Å²) >= 11 is 0. The summed E-state index contributed by atoms with van der Waals surface area (Å²) in [6, 6.07) is 6.75. The summed E-state index contributed by atoms with van der Waals surface area (Å²) in [4.78, 5) is 6.87. The van der Waals surface area contributed by atoms with Crippen molar-refractivity contribution in [2.24, 2.45) is 0 Å². The summed E-state index contributed by atoms with van der Waals surface area (Å²) in [5.41, 5.74) is 6.72. The van der Waals surface area contributed by atoms with Gasteiger partial charge in [0.05, 0.1) is 29.8 Å². The lowest BCUT2D eigenvalue weighted by atomic mass is 9.76. The van der Waals surface area contributed by atoms with Crippen molar-refractivity contribution in [3.05, 3.63) is 24.0 Å². The normalized spacial score (nSPS) is 29.1. The fourth-order valence-electron chi connectivity index (χ4n) is 3.55. The Morgan fingerprint density at radius 1 is 1.43 bits per heavy atom. The van der Waals surface area contributed by atoms with Crippen molar-refractivity contribution in [1.29, 1.82) is 5.26 Å². The number of aromatic nitrogens is 1. The van der Waals surface area contributed by atoms with Gasteiger partial charge in [0.25, 0.3) is 0 Å². The molecular formula is C16H22N4O. The molecule has 3 rings (SSSR count). The average molecular weight is 286 g/mol. The fraction of sp³-hybridized carbons (Fsp3) is 0.625. The van der Waals surface area contributed by atoms with Crippen molar-refractivity contribution in [1.82, 2.24) is 9.88 Å². The van der Waals surface area contributed by atoms with E-state index in [0.717, 1.165) is 44.7 Å². The highest BCUT2D eigenvalue weighted by atomic mass is 16.5. The molecule has 0 amide bonds. The van der Waals surface area contributed by atoms with Gasteiger partial charge in [0, 0.05) is 25.7 Å². The van der Waals surface area contributed by atoms with E-state index in [2.05, 4.69) is 22.9 Å². The summed E-state index contributed by atoms with van der Waals surface area (Å²) in [5, 5.41) is 9.70. The Kier molecular flexibility index (Phi) is 3.83. The number of nitrogens with two attached hydrogens (primary N) is 1. The Balaban J connectivity index is 1.73. The number of piperidine rings is 1. The van der Waals surface area contributed by atoms with E-state index < -0.39 is 5.41 Å². The van der Waals surface area contributed by atoms with Crippen LogP contribution >= 0.6 is 0 Å². The van der Waals surface area contributed by atoms with Gasteiger partial charge in [-0.05, 0) is 38.3 Å². The van der Waals surface area contributed by atoms with Crippen molar-refractivity contribution >= 4 is 5.69 Å². The number of hydrogen-bond acceptors (Lipinski definition) is 5. The molecule has 2 atom stereocenters. The van der Waals surface area contributed by atoms with Crippen molar-refractivity contribution in [2.75, 3.05) is 25.4 Å². The minimum atomic E-state index is -0.465. The second kappa shape index (κ2) is 5.63. The maximum atomic E-state index is 9.70. The zero-order valence-electron chi connectivity index (χ0n) is 12.5. The maximum absolute atomic E-state index is 9.70. The van der Waals surface area contributed by atoms with E-state index in [1.54, 1.807) is 6.20 Å². The van der Waals surface area contributed by atoms with Crippen LogP contribution in [-0.2, 0) is 10.2 Å². The Morgan fingerprint density at radius 3 is 2.71 bits per heavy atom. The minimum Gasteiger partial charge on any atom is -0.397 e. The summed E-state index contributed by atoms with van der Waals surface area (Å²) in [6.45, 7) is 4.85. The van der Waals surface area contributed by atoms with Gasteiger partial charge in [-0.3, -0.25) is 9.88 Å². The molecule has 5 nitrogen and oxygen atoms in total. The second-order valence-corrected chi connectivity index (χ2v) is 6.14. The number of ether oxygens (including phenoxy) is 1. The Bertz CT molecular complexity index is 528. The summed E-state index contributed by atoms with van der Waals surface area (Å²) < 4.78 is 5.66. The molecule has 21 heavy (non-hydrogen) atoms. The van der Waals surface area contributed by atoms with Gasteiger partial charge in [0.15, 0.2) is 0 Å². The van der Waals surface area contributed by atoms with E-state index in [9.17, 15) is 5.26 Å². The van der Waals surface area contributed by atoms with Gasteiger partial charge in [-0.25, -0.2) is 0 Å². The molecule has 2 unspecified atom stereocenters. The minimum absolute atomic E-state index is 0.300. The van der Waals surface area contributed by atoms with Crippen LogP contribution in [0.3, 0.4) is 0 Å². The number of rotatable bonds is 2. The molecule has 0 bridgehead atoms. The van der Waals surface area contributed by atoms with Crippen LogP contribution in [0.25, 0.3) is 0 Å². The lowest BCUT2D eigenvalue weighted by Crippen LogP contribution is -2.48. The van der Waals surface area contributed by atoms with Crippen molar-refractivity contribution in [2.45, 2.75) is 43.7 Å². The molecule has 2 fully saturated rings. The molecule has 2 N–H and O–H groups in total. The highest BCUT2D eigenvalue weighted by Gasteiger charge is 2.41. The molecule has 5 heteroatoms. The molecule has 0 saturated carbocycles. The van der Waals surface area contributed by atoms with Gasteiger partial charge in [-0.2, -0.15) is 5.26 Å². The van der Waals surface area contributed by atoms with Crippen LogP contribution in [0.15, 0.2) is 18.3 Å². The highest BCUT2D eigenvalue weighted by molar-refractivity contribution is 5.38. The van der Waals surface area contributed by atoms with Crippen molar-refractivity contribution < 1.29 is 4.74 Å². The van der Waals surface area contributed by atoms with Gasteiger partial charge in [0.2, 0.25) is 0 Å². The van der Waals surface area contributed by atoms with Crippen LogP contribution in [0.4, 0.5) is 5.69 Å². The van der Waals surface area contributed by atoms with Crippen molar-refractivity contribution in [3.63, 3.8) is 0 Å². The molecule has 2 saturated heterocycles. The Morgan fingerprint density at radius 2 is 2.19 bits per heavy atom. The van der Waals surface area contributed by atoms with Crippen LogP contribution in [0.1, 0.15) is 31.9 Å². The number of hydrogen-bond donors (Lipinski definition) is 1. The predicted molar refractivity (Wildman–Crippen MR) is 80.6 cm³/mol. The van der Waals surface area contributed by atoms with E-state index in [0.29, 0.717) is 17.8 Å². The van der Waals surface area contributed by atoms with Crippen molar-refractivity contribution in [3.8, 4) is 6.07 Å². The third-order valence-corrected chi connectivity index (χ3v) is 4.95. The average Bonchev–Trinajstić information content (AvgIpc) is 2.94. The molecule has 3 heterocycles. The Labute approximate surface area is 125 Å². The van der Waals surface area contributed by atoms with Gasteiger partial charge in [0.1, 0.15) is 5.41 Å². The molecule has 2 aliphatic heterocycles. The first-order valence-electron chi connectivity index (χ1n) is 7.63. The molecule has 2 aliphatic rings. The lowest BCUT2D eigenvalue weighted by Gasteiger charge is -2.40. The molecule has 1 aromatic heterocycles. The number of anilines is 1. The molecule has 0 aliphatic carbocycles. The SMILES string of the molecule is CC1OCCC1N1CCC(C#N)(c2ccc(N)cn2)CC1. The molecule has 0 spiro atoms. The quantitative estimate of drug-likeness (QED) is 0.895. The van der Waals surface area contributed by atoms with Gasteiger partial charge in [-0.15, -0.1) is 0 Å². The second-order valence-electron chi connectivity index (χ2n) is 6.14. The number of nitriles is 1. The number of nitrogens with zero attached hydrogens (tertiary/aromatic N) is 3. The number of likely N-dealkylation sites (tertiary alicyclic amines) is 1. The van der Waals surface area contributed by atoms with Crippen LogP contribution in [-0.4, -0.2) is 41.7 Å². The molecule has 1 aromatic rings. The first kappa shape index (κ1) is 14.3. The van der Waals surface area contributed by atoms with Gasteiger partial charge < -0.3 is 10.5 Å². The monoisotopic (exact) mass is 286 g/mol. The van der Waals surface area contributed by atoms with E-state index in [1.807, 2.05) is 12.1 Å². The smallest absolute Gasteiger partial charge is 0.102 e. The highest BCUT2D eigenvalue weighted by Crippen LogP contribution is 2.36. The lowest BCUT2D eigenvalue weighted by molar-refractivity contribution is 0.0570.